The van der Waals surface area contributed by atoms with E-state index < -0.39 is 10.8 Å². The van der Waals surface area contributed by atoms with Gasteiger partial charge in [0.15, 0.2) is 0 Å². The molecule has 8 heteroatoms. The quantitative estimate of drug-likeness (QED) is 0.579. The van der Waals surface area contributed by atoms with E-state index in [1.54, 1.807) is 7.11 Å². The number of nitro benzene ring substituents is 1. The highest BCUT2D eigenvalue weighted by Crippen LogP contribution is 2.31. The minimum absolute atomic E-state index is 0.0550. The van der Waals surface area contributed by atoms with Gasteiger partial charge in [-0.05, 0) is 36.6 Å². The maximum absolute atomic E-state index is 12.9. The monoisotopic (exact) mass is 411 g/mol. The Morgan fingerprint density at radius 1 is 1.17 bits per heavy atom. The van der Waals surface area contributed by atoms with Gasteiger partial charge >= 0.3 is 0 Å². The Labute approximate surface area is 175 Å². The molecule has 0 bridgehead atoms. The molecule has 1 aliphatic rings. The van der Waals surface area contributed by atoms with Crippen molar-refractivity contribution in [3.8, 4) is 5.75 Å². The molecular weight excluding hydrogens is 386 g/mol. The van der Waals surface area contributed by atoms with Crippen molar-refractivity contribution in [1.29, 1.82) is 0 Å². The molecule has 158 valence electrons. The van der Waals surface area contributed by atoms with Crippen LogP contribution in [0.5, 0.6) is 5.75 Å². The van der Waals surface area contributed by atoms with Gasteiger partial charge in [-0.15, -0.1) is 0 Å². The number of hydrogen-bond acceptors (Lipinski definition) is 5. The lowest BCUT2D eigenvalue weighted by Gasteiger charge is -2.30. The number of nitrogens with one attached hydrogen (secondary N) is 1. The van der Waals surface area contributed by atoms with E-state index in [2.05, 4.69) is 5.32 Å². The molecule has 1 saturated heterocycles. The normalized spacial score (nSPS) is 16.4. The van der Waals surface area contributed by atoms with Crippen LogP contribution in [0, 0.1) is 10.1 Å². The van der Waals surface area contributed by atoms with Gasteiger partial charge in [0.25, 0.3) is 11.6 Å². The minimum atomic E-state index is -0.557. The summed E-state index contributed by atoms with van der Waals surface area (Å²) in [6.07, 6.45) is 3.85. The Balaban J connectivity index is 1.69. The SMILES string of the molecule is COc1ccc(C2CCCCCN2C(=O)CNC(=O)c2cccc([N+](=O)[O-])c2)cc1. The molecule has 1 unspecified atom stereocenters. The number of nitro groups is 1. The molecule has 2 aromatic rings. The predicted octanol–water partition coefficient (Wildman–Crippen LogP) is 3.48. The first-order valence-electron chi connectivity index (χ1n) is 9.95. The van der Waals surface area contributed by atoms with Crippen LogP contribution in [0.25, 0.3) is 0 Å². The number of non-ortho nitro benzene ring substituents is 1. The van der Waals surface area contributed by atoms with Crippen LogP contribution in [0.3, 0.4) is 0 Å². The summed E-state index contributed by atoms with van der Waals surface area (Å²) in [5.74, 6) is 0.0776. The van der Waals surface area contributed by atoms with E-state index >= 15 is 0 Å². The molecule has 30 heavy (non-hydrogen) atoms. The lowest BCUT2D eigenvalue weighted by atomic mass is 10.0. The summed E-state index contributed by atoms with van der Waals surface area (Å²) in [6, 6.07) is 13.1. The maximum Gasteiger partial charge on any atom is 0.270 e. The van der Waals surface area contributed by atoms with E-state index in [0.29, 0.717) is 6.54 Å². The van der Waals surface area contributed by atoms with Gasteiger partial charge in [-0.3, -0.25) is 19.7 Å². The fourth-order valence-corrected chi connectivity index (χ4v) is 3.70. The van der Waals surface area contributed by atoms with Gasteiger partial charge in [0.2, 0.25) is 5.91 Å². The molecule has 2 aromatic carbocycles. The van der Waals surface area contributed by atoms with Crippen molar-refractivity contribution in [2.75, 3.05) is 20.2 Å². The van der Waals surface area contributed by atoms with Gasteiger partial charge in [-0.2, -0.15) is 0 Å². The third-order valence-electron chi connectivity index (χ3n) is 5.29. The Morgan fingerprint density at radius 3 is 2.63 bits per heavy atom. The van der Waals surface area contributed by atoms with Crippen LogP contribution < -0.4 is 10.1 Å². The predicted molar refractivity (Wildman–Crippen MR) is 111 cm³/mol. The Morgan fingerprint density at radius 2 is 1.93 bits per heavy atom. The summed E-state index contributed by atoms with van der Waals surface area (Å²) in [6.45, 7) is 0.469. The smallest absolute Gasteiger partial charge is 0.270 e. The topological polar surface area (TPSA) is 102 Å². The van der Waals surface area contributed by atoms with Crippen molar-refractivity contribution in [3.05, 3.63) is 69.8 Å². The summed E-state index contributed by atoms with van der Waals surface area (Å²) in [5.41, 5.74) is 1.02. The number of hydrogen-bond donors (Lipinski definition) is 1. The Hall–Kier alpha value is -3.42. The summed E-state index contributed by atoms with van der Waals surface area (Å²) in [7, 11) is 1.61. The van der Waals surface area contributed by atoms with Gasteiger partial charge in [0, 0.05) is 24.2 Å². The van der Waals surface area contributed by atoms with Crippen LogP contribution in [-0.4, -0.2) is 41.8 Å². The highest BCUT2D eigenvalue weighted by Gasteiger charge is 2.27. The van der Waals surface area contributed by atoms with Gasteiger partial charge in [-0.25, -0.2) is 0 Å². The number of methoxy groups -OCH3 is 1. The number of rotatable bonds is 6. The molecule has 0 spiro atoms. The molecule has 1 N–H and O–H groups in total. The molecule has 0 aromatic heterocycles. The molecule has 1 heterocycles. The molecule has 3 rings (SSSR count). The van der Waals surface area contributed by atoms with Gasteiger partial charge in [0.1, 0.15) is 5.75 Å². The van der Waals surface area contributed by atoms with Crippen LogP contribution in [0.15, 0.2) is 48.5 Å². The second kappa shape index (κ2) is 9.87. The molecule has 1 atom stereocenters. The highest BCUT2D eigenvalue weighted by atomic mass is 16.6. The van der Waals surface area contributed by atoms with Crippen LogP contribution in [0.2, 0.25) is 0 Å². The number of ether oxygens (including phenoxy) is 1. The van der Waals surface area contributed by atoms with Gasteiger partial charge < -0.3 is 15.0 Å². The molecule has 1 fully saturated rings. The van der Waals surface area contributed by atoms with Crippen molar-refractivity contribution in [2.24, 2.45) is 0 Å². The number of benzene rings is 2. The fourth-order valence-electron chi connectivity index (χ4n) is 3.70. The maximum atomic E-state index is 12.9. The minimum Gasteiger partial charge on any atom is -0.497 e. The van der Waals surface area contributed by atoms with E-state index in [1.807, 2.05) is 29.2 Å². The molecule has 0 saturated carbocycles. The van der Waals surface area contributed by atoms with Crippen LogP contribution >= 0.6 is 0 Å². The average molecular weight is 411 g/mol. The van der Waals surface area contributed by atoms with Crippen LogP contribution in [0.1, 0.15) is 47.6 Å². The Kier molecular flexibility index (Phi) is 7.00. The second-order valence-electron chi connectivity index (χ2n) is 7.22. The van der Waals surface area contributed by atoms with E-state index in [1.165, 1.54) is 24.3 Å². The zero-order valence-electron chi connectivity index (χ0n) is 16.9. The lowest BCUT2D eigenvalue weighted by Crippen LogP contribution is -2.42. The third kappa shape index (κ3) is 5.14. The van der Waals surface area contributed by atoms with Crippen LogP contribution in [-0.2, 0) is 4.79 Å². The largest absolute Gasteiger partial charge is 0.497 e. The van der Waals surface area contributed by atoms with Gasteiger partial charge in [0.05, 0.1) is 24.6 Å². The second-order valence-corrected chi connectivity index (χ2v) is 7.22. The molecule has 1 aliphatic heterocycles. The van der Waals surface area contributed by atoms with Crippen molar-refractivity contribution in [2.45, 2.75) is 31.7 Å². The van der Waals surface area contributed by atoms with Gasteiger partial charge in [-0.1, -0.05) is 31.0 Å². The molecule has 0 radical (unpaired) electrons. The summed E-state index contributed by atoms with van der Waals surface area (Å²) >= 11 is 0. The van der Waals surface area contributed by atoms with Crippen molar-refractivity contribution in [3.63, 3.8) is 0 Å². The van der Waals surface area contributed by atoms with Crippen LogP contribution in [0.4, 0.5) is 5.69 Å². The van der Waals surface area contributed by atoms with E-state index in [-0.39, 0.29) is 29.7 Å². The van der Waals surface area contributed by atoms with Crippen molar-refractivity contribution < 1.29 is 19.2 Å². The standard InChI is InChI=1S/C22H25N3O5/c1-30-19-11-9-16(10-12-19)20-8-3-2-4-13-24(20)21(26)15-23-22(27)17-6-5-7-18(14-17)25(28)29/h5-7,9-12,14,20H,2-4,8,13,15H2,1H3,(H,23,27). The summed E-state index contributed by atoms with van der Waals surface area (Å²) in [4.78, 5) is 37.5. The first-order chi connectivity index (χ1) is 14.5. The van der Waals surface area contributed by atoms with Crippen molar-refractivity contribution in [1.82, 2.24) is 10.2 Å². The zero-order valence-corrected chi connectivity index (χ0v) is 16.9. The number of nitrogens with zero attached hydrogens (tertiary/aromatic N) is 2. The van der Waals surface area contributed by atoms with E-state index in [4.69, 9.17) is 4.74 Å². The average Bonchev–Trinajstić information content (AvgIpc) is 3.03. The number of carbonyl (C=O) groups is 2. The number of carbonyl (C=O) groups excluding carboxylic acids is 2. The lowest BCUT2D eigenvalue weighted by molar-refractivity contribution is -0.384. The molecule has 8 nitrogen and oxygen atoms in total. The first kappa shape index (κ1) is 21.3. The van der Waals surface area contributed by atoms with E-state index in [9.17, 15) is 19.7 Å². The highest BCUT2D eigenvalue weighted by molar-refractivity contribution is 5.97. The molecular formula is C22H25N3O5. The third-order valence-corrected chi connectivity index (χ3v) is 5.29. The molecule has 2 amide bonds. The van der Waals surface area contributed by atoms with Crippen molar-refractivity contribution >= 4 is 17.5 Å². The number of amides is 2. The number of likely N-dealkylation sites (tertiary alicyclic amines) is 1. The molecule has 0 aliphatic carbocycles. The Bertz CT molecular complexity index is 913. The fraction of sp³-hybridized carbons (Fsp3) is 0.364. The summed E-state index contributed by atoms with van der Waals surface area (Å²) < 4.78 is 5.22. The summed E-state index contributed by atoms with van der Waals surface area (Å²) in [5, 5.41) is 13.5. The van der Waals surface area contributed by atoms with E-state index in [0.717, 1.165) is 37.0 Å². The first-order valence-corrected chi connectivity index (χ1v) is 9.95. The zero-order chi connectivity index (χ0) is 21.5.